The summed E-state index contributed by atoms with van der Waals surface area (Å²) in [6.07, 6.45) is 0.957. The lowest BCUT2D eigenvalue weighted by Crippen LogP contribution is -2.21. The van der Waals surface area contributed by atoms with Gasteiger partial charge in [-0.25, -0.2) is 0 Å². The maximum absolute atomic E-state index is 5.97. The highest BCUT2D eigenvalue weighted by Gasteiger charge is 2.12. The lowest BCUT2D eigenvalue weighted by atomic mass is 10.1. The summed E-state index contributed by atoms with van der Waals surface area (Å²) >= 11 is 7.54. The van der Waals surface area contributed by atoms with Gasteiger partial charge in [-0.2, -0.15) is 0 Å². The van der Waals surface area contributed by atoms with Gasteiger partial charge in [0.2, 0.25) is 0 Å². The molecule has 5 heteroatoms. The SMILES string of the molecule is CC(NCCc1ccc2c(c1)OCCO2)c1csc(Cl)c1. The van der Waals surface area contributed by atoms with Gasteiger partial charge in [0, 0.05) is 6.04 Å². The molecule has 1 atom stereocenters. The first-order chi connectivity index (χ1) is 10.2. The van der Waals surface area contributed by atoms with Gasteiger partial charge in [0.05, 0.1) is 4.34 Å². The van der Waals surface area contributed by atoms with Crippen LogP contribution in [0, 0.1) is 0 Å². The number of benzene rings is 1. The average Bonchev–Trinajstić information content (AvgIpc) is 2.94. The van der Waals surface area contributed by atoms with Crippen LogP contribution in [0.15, 0.2) is 29.6 Å². The van der Waals surface area contributed by atoms with Crippen LogP contribution in [0.1, 0.15) is 24.1 Å². The van der Waals surface area contributed by atoms with Crippen LogP contribution in [0.3, 0.4) is 0 Å². The first kappa shape index (κ1) is 14.7. The van der Waals surface area contributed by atoms with E-state index < -0.39 is 0 Å². The zero-order valence-electron chi connectivity index (χ0n) is 11.9. The van der Waals surface area contributed by atoms with Gasteiger partial charge in [0.15, 0.2) is 11.5 Å². The van der Waals surface area contributed by atoms with E-state index in [9.17, 15) is 0 Å². The quantitative estimate of drug-likeness (QED) is 0.900. The van der Waals surface area contributed by atoms with Crippen molar-refractivity contribution >= 4 is 22.9 Å². The smallest absolute Gasteiger partial charge is 0.161 e. The Morgan fingerprint density at radius 1 is 1.24 bits per heavy atom. The number of hydrogen-bond donors (Lipinski definition) is 1. The molecule has 112 valence electrons. The maximum atomic E-state index is 5.97. The highest BCUT2D eigenvalue weighted by atomic mass is 35.5. The predicted octanol–water partition coefficient (Wildman–Crippen LogP) is 4.07. The van der Waals surface area contributed by atoms with Gasteiger partial charge < -0.3 is 14.8 Å². The number of ether oxygens (including phenoxy) is 2. The number of fused-ring (bicyclic) bond motifs is 1. The summed E-state index contributed by atoms with van der Waals surface area (Å²) in [5.41, 5.74) is 2.49. The largest absolute Gasteiger partial charge is 0.486 e. The van der Waals surface area contributed by atoms with Crippen LogP contribution in [0.25, 0.3) is 0 Å². The van der Waals surface area contributed by atoms with Gasteiger partial charge in [-0.1, -0.05) is 17.7 Å². The molecule has 0 radical (unpaired) electrons. The Balaban J connectivity index is 1.53. The van der Waals surface area contributed by atoms with E-state index in [0.29, 0.717) is 19.3 Å². The summed E-state index contributed by atoms with van der Waals surface area (Å²) < 4.78 is 12.0. The molecule has 0 fully saturated rings. The van der Waals surface area contributed by atoms with Gasteiger partial charge in [-0.3, -0.25) is 0 Å². The molecule has 1 N–H and O–H groups in total. The topological polar surface area (TPSA) is 30.5 Å². The number of nitrogens with one attached hydrogen (secondary N) is 1. The third-order valence-electron chi connectivity index (χ3n) is 3.56. The van der Waals surface area contributed by atoms with Crippen molar-refractivity contribution < 1.29 is 9.47 Å². The number of halogens is 1. The Labute approximate surface area is 133 Å². The molecule has 1 aliphatic rings. The highest BCUT2D eigenvalue weighted by Crippen LogP contribution is 2.31. The minimum absolute atomic E-state index is 0.311. The molecule has 2 aromatic rings. The third kappa shape index (κ3) is 3.70. The summed E-state index contributed by atoms with van der Waals surface area (Å²) in [6, 6.07) is 8.50. The monoisotopic (exact) mass is 323 g/mol. The van der Waals surface area contributed by atoms with Gasteiger partial charge in [-0.15, -0.1) is 11.3 Å². The van der Waals surface area contributed by atoms with Crippen LogP contribution in [0.2, 0.25) is 4.34 Å². The van der Waals surface area contributed by atoms with E-state index in [0.717, 1.165) is 28.8 Å². The van der Waals surface area contributed by atoms with Crippen molar-refractivity contribution in [3.8, 4) is 11.5 Å². The molecule has 21 heavy (non-hydrogen) atoms. The minimum atomic E-state index is 0.311. The second kappa shape index (κ2) is 6.69. The first-order valence-corrected chi connectivity index (χ1v) is 8.34. The van der Waals surface area contributed by atoms with E-state index in [-0.39, 0.29) is 0 Å². The Kier molecular flexibility index (Phi) is 4.68. The number of rotatable bonds is 5. The van der Waals surface area contributed by atoms with E-state index in [1.807, 2.05) is 12.1 Å². The average molecular weight is 324 g/mol. The summed E-state index contributed by atoms with van der Waals surface area (Å²) in [7, 11) is 0. The van der Waals surface area contributed by atoms with Crippen molar-refractivity contribution in [1.29, 1.82) is 0 Å². The van der Waals surface area contributed by atoms with Crippen LogP contribution in [0.4, 0.5) is 0 Å². The van der Waals surface area contributed by atoms with Crippen LogP contribution in [0.5, 0.6) is 11.5 Å². The second-order valence-electron chi connectivity index (χ2n) is 5.09. The van der Waals surface area contributed by atoms with Gasteiger partial charge in [0.25, 0.3) is 0 Å². The zero-order valence-corrected chi connectivity index (χ0v) is 13.5. The normalized spacial score (nSPS) is 15.0. The standard InChI is InChI=1S/C16H18ClNO2S/c1-11(13-9-16(17)21-10-13)18-5-4-12-2-3-14-15(8-12)20-7-6-19-14/h2-3,8-11,18H,4-7H2,1H3. The van der Waals surface area contributed by atoms with E-state index in [2.05, 4.69) is 29.8 Å². The highest BCUT2D eigenvalue weighted by molar-refractivity contribution is 7.14. The molecule has 3 rings (SSSR count). The maximum Gasteiger partial charge on any atom is 0.161 e. The second-order valence-corrected chi connectivity index (χ2v) is 6.63. The first-order valence-electron chi connectivity index (χ1n) is 7.08. The molecule has 0 amide bonds. The number of thiophene rings is 1. The molecular formula is C16H18ClNO2S. The Morgan fingerprint density at radius 2 is 2.05 bits per heavy atom. The van der Waals surface area contributed by atoms with Crippen molar-refractivity contribution in [2.75, 3.05) is 19.8 Å². The van der Waals surface area contributed by atoms with E-state index in [1.165, 1.54) is 11.1 Å². The molecule has 1 unspecified atom stereocenters. The predicted molar refractivity (Wildman–Crippen MR) is 86.9 cm³/mol. The molecule has 1 aromatic heterocycles. The Morgan fingerprint density at radius 3 is 2.81 bits per heavy atom. The summed E-state index contributed by atoms with van der Waals surface area (Å²) in [6.45, 7) is 4.33. The molecule has 3 nitrogen and oxygen atoms in total. The molecule has 1 aromatic carbocycles. The molecule has 0 saturated heterocycles. The molecule has 0 saturated carbocycles. The molecule has 0 aliphatic carbocycles. The van der Waals surface area contributed by atoms with Crippen molar-refractivity contribution in [2.24, 2.45) is 0 Å². The van der Waals surface area contributed by atoms with Crippen molar-refractivity contribution in [3.63, 3.8) is 0 Å². The molecule has 2 heterocycles. The van der Waals surface area contributed by atoms with Crippen LogP contribution >= 0.6 is 22.9 Å². The van der Waals surface area contributed by atoms with Crippen molar-refractivity contribution in [1.82, 2.24) is 5.32 Å². The van der Waals surface area contributed by atoms with Gasteiger partial charge in [0.1, 0.15) is 13.2 Å². The minimum Gasteiger partial charge on any atom is -0.486 e. The summed E-state index contributed by atoms with van der Waals surface area (Å²) in [5.74, 6) is 1.70. The summed E-state index contributed by atoms with van der Waals surface area (Å²) in [4.78, 5) is 0. The zero-order chi connectivity index (χ0) is 14.7. The van der Waals surface area contributed by atoms with Crippen LogP contribution in [-0.4, -0.2) is 19.8 Å². The molecule has 1 aliphatic heterocycles. The fraction of sp³-hybridized carbons (Fsp3) is 0.375. The van der Waals surface area contributed by atoms with E-state index in [1.54, 1.807) is 11.3 Å². The summed E-state index contributed by atoms with van der Waals surface area (Å²) in [5, 5.41) is 5.62. The van der Waals surface area contributed by atoms with Crippen LogP contribution in [-0.2, 0) is 6.42 Å². The van der Waals surface area contributed by atoms with Crippen molar-refractivity contribution in [2.45, 2.75) is 19.4 Å². The fourth-order valence-corrected chi connectivity index (χ4v) is 3.33. The van der Waals surface area contributed by atoms with Crippen LogP contribution < -0.4 is 14.8 Å². The molecule has 0 spiro atoms. The van der Waals surface area contributed by atoms with Gasteiger partial charge in [-0.05, 0) is 54.6 Å². The Hall–Kier alpha value is -1.23. The Bertz CT molecular complexity index is 614. The molecular weight excluding hydrogens is 306 g/mol. The van der Waals surface area contributed by atoms with Gasteiger partial charge >= 0.3 is 0 Å². The third-order valence-corrected chi connectivity index (χ3v) is 4.67. The fourth-order valence-electron chi connectivity index (χ4n) is 2.34. The van der Waals surface area contributed by atoms with Crippen molar-refractivity contribution in [3.05, 3.63) is 45.1 Å². The lowest BCUT2D eigenvalue weighted by molar-refractivity contribution is 0.171. The lowest BCUT2D eigenvalue weighted by Gasteiger charge is -2.19. The van der Waals surface area contributed by atoms with E-state index in [4.69, 9.17) is 21.1 Å². The number of hydrogen-bond acceptors (Lipinski definition) is 4. The molecule has 0 bridgehead atoms. The van der Waals surface area contributed by atoms with E-state index >= 15 is 0 Å².